The first-order valence-electron chi connectivity index (χ1n) is 5.48. The fourth-order valence-corrected chi connectivity index (χ4v) is 1.99. The van der Waals surface area contributed by atoms with E-state index in [-0.39, 0.29) is 4.90 Å². The van der Waals surface area contributed by atoms with Crippen LogP contribution in [0.5, 0.6) is 5.75 Å². The van der Waals surface area contributed by atoms with Crippen molar-refractivity contribution in [1.29, 1.82) is 0 Å². The van der Waals surface area contributed by atoms with E-state index in [0.29, 0.717) is 18.9 Å². The Hall–Kier alpha value is -1.11. The van der Waals surface area contributed by atoms with Crippen LogP contribution < -0.4 is 15.2 Å². The number of hydrogen-bond acceptors (Lipinski definition) is 4. The summed E-state index contributed by atoms with van der Waals surface area (Å²) in [5, 5.41) is 8.22. The van der Waals surface area contributed by atoms with Gasteiger partial charge in [0.2, 0.25) is 10.0 Å². The third kappa shape index (κ3) is 3.99. The molecule has 0 saturated heterocycles. The van der Waals surface area contributed by atoms with Gasteiger partial charge < -0.3 is 10.1 Å². The molecule has 0 amide bonds. The predicted molar refractivity (Wildman–Crippen MR) is 66.4 cm³/mol. The molecule has 0 radical (unpaired) electrons. The number of rotatable bonds is 6. The molecule has 0 saturated carbocycles. The quantitative estimate of drug-likeness (QED) is 0.792. The molecule has 0 heterocycles. The lowest BCUT2D eigenvalue weighted by Gasteiger charge is -2.11. The molecule has 1 aromatic carbocycles. The zero-order chi connectivity index (χ0) is 12.9. The molecular weight excluding hydrogens is 240 g/mol. The van der Waals surface area contributed by atoms with Crippen molar-refractivity contribution in [2.75, 3.05) is 13.2 Å². The smallest absolute Gasteiger partial charge is 0.238 e. The highest BCUT2D eigenvalue weighted by atomic mass is 32.2. The average molecular weight is 258 g/mol. The van der Waals surface area contributed by atoms with E-state index in [0.717, 1.165) is 12.1 Å². The van der Waals surface area contributed by atoms with Crippen molar-refractivity contribution in [1.82, 2.24) is 5.32 Å². The molecule has 1 rings (SSSR count). The number of hydrogen-bond donors (Lipinski definition) is 2. The van der Waals surface area contributed by atoms with Gasteiger partial charge in [-0.2, -0.15) is 0 Å². The summed E-state index contributed by atoms with van der Waals surface area (Å²) in [6.07, 6.45) is 0. The van der Waals surface area contributed by atoms with E-state index in [1.807, 2.05) is 13.8 Å². The Morgan fingerprint density at radius 2 is 2.06 bits per heavy atom. The first-order valence-corrected chi connectivity index (χ1v) is 7.03. The summed E-state index contributed by atoms with van der Waals surface area (Å²) >= 11 is 0. The molecule has 3 N–H and O–H groups in total. The van der Waals surface area contributed by atoms with E-state index in [4.69, 9.17) is 9.88 Å². The number of sulfonamides is 1. The largest absolute Gasteiger partial charge is 0.494 e. The van der Waals surface area contributed by atoms with E-state index in [9.17, 15) is 8.42 Å². The zero-order valence-corrected chi connectivity index (χ0v) is 10.9. The molecular formula is C11H18N2O3S. The lowest BCUT2D eigenvalue weighted by atomic mass is 10.2. The number of nitrogens with one attached hydrogen (secondary N) is 1. The molecule has 1 aromatic rings. The van der Waals surface area contributed by atoms with Crippen LogP contribution in [0, 0.1) is 0 Å². The minimum Gasteiger partial charge on any atom is -0.494 e. The molecule has 0 atom stereocenters. The third-order valence-corrected chi connectivity index (χ3v) is 3.14. The van der Waals surface area contributed by atoms with Crippen molar-refractivity contribution in [2.45, 2.75) is 25.3 Å². The second kappa shape index (κ2) is 6.00. The summed E-state index contributed by atoms with van der Waals surface area (Å²) in [5.41, 5.74) is 0.792. The second-order valence-corrected chi connectivity index (χ2v) is 5.09. The van der Waals surface area contributed by atoms with E-state index < -0.39 is 10.0 Å². The van der Waals surface area contributed by atoms with Gasteiger partial charge in [-0.1, -0.05) is 6.92 Å². The minimum absolute atomic E-state index is 0.105. The standard InChI is InChI=1S/C11H18N2O3S/c1-3-13-8-9-7-10(17(12,14)15)5-6-11(9)16-4-2/h5-7,13H,3-4,8H2,1-2H3,(H2,12,14,15). The van der Waals surface area contributed by atoms with Crippen LogP contribution in [0.4, 0.5) is 0 Å². The second-order valence-electron chi connectivity index (χ2n) is 3.53. The number of nitrogens with two attached hydrogens (primary N) is 1. The Kier molecular flexibility index (Phi) is 4.92. The Labute approximate surface area is 102 Å². The summed E-state index contributed by atoms with van der Waals surface area (Å²) in [5.74, 6) is 0.681. The van der Waals surface area contributed by atoms with Crippen LogP contribution in [0.2, 0.25) is 0 Å². The monoisotopic (exact) mass is 258 g/mol. The van der Waals surface area contributed by atoms with E-state index in [1.165, 1.54) is 6.07 Å². The Morgan fingerprint density at radius 1 is 1.35 bits per heavy atom. The molecule has 96 valence electrons. The molecule has 0 spiro atoms. The SMILES string of the molecule is CCNCc1cc(S(N)(=O)=O)ccc1OCC. The highest BCUT2D eigenvalue weighted by molar-refractivity contribution is 7.89. The van der Waals surface area contributed by atoms with Gasteiger partial charge in [-0.15, -0.1) is 0 Å². The fourth-order valence-electron chi connectivity index (χ4n) is 1.43. The van der Waals surface area contributed by atoms with Gasteiger partial charge in [-0.25, -0.2) is 13.6 Å². The van der Waals surface area contributed by atoms with E-state index >= 15 is 0 Å². The average Bonchev–Trinajstić information content (AvgIpc) is 2.26. The number of ether oxygens (including phenoxy) is 1. The molecule has 0 unspecified atom stereocenters. The molecule has 0 fully saturated rings. The van der Waals surface area contributed by atoms with Crippen LogP contribution in [0.3, 0.4) is 0 Å². The molecule has 0 aliphatic heterocycles. The molecule has 17 heavy (non-hydrogen) atoms. The topological polar surface area (TPSA) is 81.4 Å². The third-order valence-electron chi connectivity index (χ3n) is 2.23. The van der Waals surface area contributed by atoms with Crippen molar-refractivity contribution in [3.8, 4) is 5.75 Å². The Bertz CT molecular complexity index is 472. The molecule has 0 aromatic heterocycles. The van der Waals surface area contributed by atoms with Gasteiger partial charge in [0.1, 0.15) is 5.75 Å². The van der Waals surface area contributed by atoms with Crippen molar-refractivity contribution in [3.63, 3.8) is 0 Å². The zero-order valence-electron chi connectivity index (χ0n) is 10.1. The van der Waals surface area contributed by atoms with Gasteiger partial charge in [-0.3, -0.25) is 0 Å². The Balaban J connectivity index is 3.09. The van der Waals surface area contributed by atoms with Crippen molar-refractivity contribution < 1.29 is 13.2 Å². The molecule has 0 bridgehead atoms. The van der Waals surface area contributed by atoms with Crippen LogP contribution in [-0.2, 0) is 16.6 Å². The van der Waals surface area contributed by atoms with Gasteiger partial charge in [-0.05, 0) is 31.7 Å². The number of primary sulfonamides is 1. The molecule has 0 aliphatic rings. The predicted octanol–water partition coefficient (Wildman–Crippen LogP) is 0.842. The van der Waals surface area contributed by atoms with Gasteiger partial charge >= 0.3 is 0 Å². The molecule has 0 aliphatic carbocycles. The van der Waals surface area contributed by atoms with Crippen LogP contribution >= 0.6 is 0 Å². The maximum Gasteiger partial charge on any atom is 0.238 e. The van der Waals surface area contributed by atoms with E-state index in [1.54, 1.807) is 12.1 Å². The lowest BCUT2D eigenvalue weighted by molar-refractivity contribution is 0.335. The van der Waals surface area contributed by atoms with Gasteiger partial charge in [0.25, 0.3) is 0 Å². The van der Waals surface area contributed by atoms with Crippen LogP contribution in [0.1, 0.15) is 19.4 Å². The first-order chi connectivity index (χ1) is 7.99. The summed E-state index contributed by atoms with van der Waals surface area (Å²) in [6, 6.07) is 4.63. The fraction of sp³-hybridized carbons (Fsp3) is 0.455. The van der Waals surface area contributed by atoms with E-state index in [2.05, 4.69) is 5.32 Å². The van der Waals surface area contributed by atoms with Gasteiger partial charge in [0.05, 0.1) is 11.5 Å². The molecule has 5 nitrogen and oxygen atoms in total. The molecule has 6 heteroatoms. The summed E-state index contributed by atoms with van der Waals surface area (Å²) in [4.78, 5) is 0.105. The summed E-state index contributed by atoms with van der Waals surface area (Å²) in [7, 11) is -3.67. The minimum atomic E-state index is -3.67. The van der Waals surface area contributed by atoms with Crippen molar-refractivity contribution in [3.05, 3.63) is 23.8 Å². The van der Waals surface area contributed by atoms with Crippen LogP contribution in [0.15, 0.2) is 23.1 Å². The number of benzene rings is 1. The maximum absolute atomic E-state index is 11.2. The highest BCUT2D eigenvalue weighted by Gasteiger charge is 2.11. The summed E-state index contributed by atoms with van der Waals surface area (Å²) < 4.78 is 27.9. The van der Waals surface area contributed by atoms with Gasteiger partial charge in [0, 0.05) is 12.1 Å². The van der Waals surface area contributed by atoms with Crippen LogP contribution in [0.25, 0.3) is 0 Å². The van der Waals surface area contributed by atoms with Crippen molar-refractivity contribution in [2.24, 2.45) is 5.14 Å². The highest BCUT2D eigenvalue weighted by Crippen LogP contribution is 2.22. The van der Waals surface area contributed by atoms with Crippen LogP contribution in [-0.4, -0.2) is 21.6 Å². The normalized spacial score (nSPS) is 11.5. The van der Waals surface area contributed by atoms with Gasteiger partial charge in [0.15, 0.2) is 0 Å². The summed E-state index contributed by atoms with van der Waals surface area (Å²) in [6.45, 7) is 5.74. The first kappa shape index (κ1) is 14.0. The lowest BCUT2D eigenvalue weighted by Crippen LogP contribution is -2.16. The Morgan fingerprint density at radius 3 is 2.59 bits per heavy atom. The maximum atomic E-state index is 11.2. The van der Waals surface area contributed by atoms with Crippen molar-refractivity contribution >= 4 is 10.0 Å².